The maximum absolute atomic E-state index is 11.6. The monoisotopic (exact) mass is 344 g/mol. The fourth-order valence-corrected chi connectivity index (χ4v) is 2.32. The zero-order valence-corrected chi connectivity index (χ0v) is 13.8. The number of amides is 1. The topological polar surface area (TPSA) is 59.6 Å². The largest absolute Gasteiger partial charge is 0.490 e. The molecule has 1 amide bonds. The van der Waals surface area contributed by atoms with Crippen LogP contribution in [0.5, 0.6) is 11.5 Å². The molecule has 0 saturated heterocycles. The van der Waals surface area contributed by atoms with E-state index < -0.39 is 6.10 Å². The van der Waals surface area contributed by atoms with Crippen LogP contribution in [0.2, 0.25) is 0 Å². The number of hydrogen-bond donors (Lipinski definition) is 2. The molecule has 0 spiro atoms. The van der Waals surface area contributed by atoms with Crippen LogP contribution in [0.3, 0.4) is 0 Å². The van der Waals surface area contributed by atoms with Crippen molar-refractivity contribution in [3.05, 3.63) is 22.2 Å². The summed E-state index contributed by atoms with van der Waals surface area (Å²) in [6.07, 6.45) is -0.592. The number of likely N-dealkylation sites (N-methyl/N-ethyl adjacent to an activating group) is 1. The third-order valence-electron chi connectivity index (χ3n) is 2.66. The highest BCUT2D eigenvalue weighted by Gasteiger charge is 2.18. The van der Waals surface area contributed by atoms with Gasteiger partial charge in [-0.2, -0.15) is 0 Å². The second-order valence-electron chi connectivity index (χ2n) is 4.24. The van der Waals surface area contributed by atoms with Crippen LogP contribution >= 0.6 is 15.9 Å². The Morgan fingerprint density at radius 2 is 2.10 bits per heavy atom. The first-order chi connectivity index (χ1) is 9.53. The molecule has 1 atom stereocenters. The minimum atomic E-state index is -0.592. The molecule has 0 aliphatic rings. The second-order valence-corrected chi connectivity index (χ2v) is 5.10. The summed E-state index contributed by atoms with van der Waals surface area (Å²) in [6.45, 7) is 4.86. The molecule has 6 heteroatoms. The van der Waals surface area contributed by atoms with Gasteiger partial charge < -0.3 is 20.1 Å². The number of hydrogen-bond acceptors (Lipinski definition) is 4. The van der Waals surface area contributed by atoms with Gasteiger partial charge in [0.1, 0.15) is 0 Å². The second kappa shape index (κ2) is 8.11. The molecule has 0 aliphatic carbocycles. The minimum Gasteiger partial charge on any atom is -0.490 e. The van der Waals surface area contributed by atoms with Crippen molar-refractivity contribution in [2.24, 2.45) is 0 Å². The van der Waals surface area contributed by atoms with Gasteiger partial charge in [0.2, 0.25) is 0 Å². The first-order valence-electron chi connectivity index (χ1n) is 6.51. The highest BCUT2D eigenvalue weighted by Crippen LogP contribution is 2.37. The van der Waals surface area contributed by atoms with Crippen molar-refractivity contribution in [2.45, 2.75) is 26.5 Å². The van der Waals surface area contributed by atoms with E-state index in [4.69, 9.17) is 9.47 Å². The smallest absolute Gasteiger partial charge is 0.260 e. The van der Waals surface area contributed by atoms with Crippen molar-refractivity contribution in [1.29, 1.82) is 0 Å². The SMILES string of the molecule is CCOc1cc(CNC)cc(Br)c1OC(C)C(=O)NC. The lowest BCUT2D eigenvalue weighted by Crippen LogP contribution is -2.33. The summed E-state index contributed by atoms with van der Waals surface area (Å²) in [5.41, 5.74) is 1.07. The van der Waals surface area contributed by atoms with Crippen LogP contribution in [0.25, 0.3) is 0 Å². The Bertz CT molecular complexity index is 466. The van der Waals surface area contributed by atoms with Crippen molar-refractivity contribution in [2.75, 3.05) is 20.7 Å². The van der Waals surface area contributed by atoms with Gasteiger partial charge in [0.15, 0.2) is 17.6 Å². The zero-order valence-electron chi connectivity index (χ0n) is 12.2. The van der Waals surface area contributed by atoms with Crippen LogP contribution in [-0.4, -0.2) is 32.7 Å². The van der Waals surface area contributed by atoms with Gasteiger partial charge in [0.25, 0.3) is 5.91 Å². The van der Waals surface area contributed by atoms with Crippen LogP contribution < -0.4 is 20.1 Å². The molecular formula is C14H21BrN2O3. The molecule has 1 aromatic rings. The van der Waals surface area contributed by atoms with E-state index >= 15 is 0 Å². The highest BCUT2D eigenvalue weighted by molar-refractivity contribution is 9.10. The number of ether oxygens (including phenoxy) is 2. The van der Waals surface area contributed by atoms with E-state index in [-0.39, 0.29) is 5.91 Å². The van der Waals surface area contributed by atoms with E-state index in [0.29, 0.717) is 18.1 Å². The number of carbonyl (C=O) groups is 1. The maximum Gasteiger partial charge on any atom is 0.260 e. The third kappa shape index (κ3) is 4.38. The highest BCUT2D eigenvalue weighted by atomic mass is 79.9. The fourth-order valence-electron chi connectivity index (χ4n) is 1.74. The Morgan fingerprint density at radius 3 is 2.65 bits per heavy atom. The van der Waals surface area contributed by atoms with Gasteiger partial charge in [-0.1, -0.05) is 0 Å². The Labute approximate surface area is 128 Å². The molecule has 1 aromatic carbocycles. The van der Waals surface area contributed by atoms with Crippen LogP contribution in [0.1, 0.15) is 19.4 Å². The standard InChI is InChI=1S/C14H21BrN2O3/c1-5-19-12-7-10(8-16-3)6-11(15)13(12)20-9(2)14(18)17-4/h6-7,9,16H,5,8H2,1-4H3,(H,17,18). The van der Waals surface area contributed by atoms with E-state index in [1.165, 1.54) is 0 Å². The lowest BCUT2D eigenvalue weighted by atomic mass is 10.2. The maximum atomic E-state index is 11.6. The summed E-state index contributed by atoms with van der Waals surface area (Å²) in [6, 6.07) is 3.86. The van der Waals surface area contributed by atoms with Gasteiger partial charge in [-0.25, -0.2) is 0 Å². The molecule has 0 saturated carbocycles. The van der Waals surface area contributed by atoms with Crippen molar-refractivity contribution < 1.29 is 14.3 Å². The number of carbonyl (C=O) groups excluding carboxylic acids is 1. The van der Waals surface area contributed by atoms with E-state index in [1.807, 2.05) is 26.1 Å². The van der Waals surface area contributed by atoms with E-state index in [1.54, 1.807) is 14.0 Å². The van der Waals surface area contributed by atoms with Crippen LogP contribution in [0.4, 0.5) is 0 Å². The summed E-state index contributed by atoms with van der Waals surface area (Å²) in [5, 5.41) is 5.64. The lowest BCUT2D eigenvalue weighted by Gasteiger charge is -2.18. The van der Waals surface area contributed by atoms with E-state index in [0.717, 1.165) is 16.6 Å². The average molecular weight is 345 g/mol. The first-order valence-corrected chi connectivity index (χ1v) is 7.30. The van der Waals surface area contributed by atoms with Crippen molar-refractivity contribution in [1.82, 2.24) is 10.6 Å². The molecule has 0 radical (unpaired) electrons. The molecule has 0 aliphatic heterocycles. The molecule has 112 valence electrons. The molecule has 1 unspecified atom stereocenters. The van der Waals surface area contributed by atoms with Gasteiger partial charge >= 0.3 is 0 Å². The van der Waals surface area contributed by atoms with Gasteiger partial charge in [-0.3, -0.25) is 4.79 Å². The molecule has 2 N–H and O–H groups in total. The first kappa shape index (κ1) is 16.8. The summed E-state index contributed by atoms with van der Waals surface area (Å²) in [4.78, 5) is 11.6. The fraction of sp³-hybridized carbons (Fsp3) is 0.500. The predicted octanol–water partition coefficient (Wildman–Crippen LogP) is 2.08. The molecule has 1 rings (SSSR count). The van der Waals surface area contributed by atoms with Gasteiger partial charge in [-0.15, -0.1) is 0 Å². The molecule has 20 heavy (non-hydrogen) atoms. The molecule has 0 bridgehead atoms. The quantitative estimate of drug-likeness (QED) is 0.795. The third-order valence-corrected chi connectivity index (χ3v) is 3.25. The molecule has 0 aromatic heterocycles. The van der Waals surface area contributed by atoms with Crippen LogP contribution in [-0.2, 0) is 11.3 Å². The number of benzene rings is 1. The Hall–Kier alpha value is -1.27. The average Bonchev–Trinajstić information content (AvgIpc) is 2.42. The number of rotatable bonds is 7. The minimum absolute atomic E-state index is 0.182. The summed E-state index contributed by atoms with van der Waals surface area (Å²) >= 11 is 3.47. The molecule has 0 heterocycles. The predicted molar refractivity (Wildman–Crippen MR) is 82.2 cm³/mol. The number of nitrogens with one attached hydrogen (secondary N) is 2. The van der Waals surface area contributed by atoms with E-state index in [2.05, 4.69) is 26.6 Å². The van der Waals surface area contributed by atoms with Crippen LogP contribution in [0.15, 0.2) is 16.6 Å². The Balaban J connectivity index is 3.06. The lowest BCUT2D eigenvalue weighted by molar-refractivity contribution is -0.126. The number of halogens is 1. The Kier molecular flexibility index (Phi) is 6.81. The Morgan fingerprint density at radius 1 is 1.40 bits per heavy atom. The van der Waals surface area contributed by atoms with Gasteiger partial charge in [0, 0.05) is 13.6 Å². The summed E-state index contributed by atoms with van der Waals surface area (Å²) in [5.74, 6) is 0.990. The normalized spacial score (nSPS) is 11.8. The molecule has 5 nitrogen and oxygen atoms in total. The zero-order chi connectivity index (χ0) is 15.1. The van der Waals surface area contributed by atoms with Crippen molar-refractivity contribution in [3.8, 4) is 11.5 Å². The van der Waals surface area contributed by atoms with Gasteiger partial charge in [0.05, 0.1) is 11.1 Å². The molecule has 0 fully saturated rings. The molecular weight excluding hydrogens is 324 g/mol. The van der Waals surface area contributed by atoms with Crippen LogP contribution in [0, 0.1) is 0 Å². The van der Waals surface area contributed by atoms with Crippen molar-refractivity contribution >= 4 is 21.8 Å². The van der Waals surface area contributed by atoms with Crippen molar-refractivity contribution in [3.63, 3.8) is 0 Å². The summed E-state index contributed by atoms with van der Waals surface area (Å²) in [7, 11) is 3.46. The van der Waals surface area contributed by atoms with Gasteiger partial charge in [-0.05, 0) is 54.5 Å². The summed E-state index contributed by atoms with van der Waals surface area (Å²) < 4.78 is 12.1. The van der Waals surface area contributed by atoms with E-state index in [9.17, 15) is 4.79 Å².